The van der Waals surface area contributed by atoms with E-state index in [1.54, 1.807) is 11.9 Å². The number of carbonyl (C=O) groups excluding carboxylic acids is 1. The van der Waals surface area contributed by atoms with Crippen LogP contribution < -0.4 is 15.8 Å². The summed E-state index contributed by atoms with van der Waals surface area (Å²) in [6.45, 7) is -0.948. The lowest BCUT2D eigenvalue weighted by molar-refractivity contribution is -0.138. The van der Waals surface area contributed by atoms with Gasteiger partial charge < -0.3 is 25.0 Å². The van der Waals surface area contributed by atoms with Gasteiger partial charge in [-0.2, -0.15) is 13.2 Å². The fourth-order valence-electron chi connectivity index (χ4n) is 4.10. The monoisotopic (exact) mass is 515 g/mol. The number of carboxylic acid groups (broad SMARTS) is 1. The molecule has 35 heavy (non-hydrogen) atoms. The molecule has 1 atom stereocenters. The lowest BCUT2D eigenvalue weighted by Crippen LogP contribution is -2.41. The molecule has 3 aromatic rings. The Kier molecular flexibility index (Phi) is 6.71. The Labute approximate surface area is 200 Å². The summed E-state index contributed by atoms with van der Waals surface area (Å²) in [5.41, 5.74) is -1.87. The number of hydrogen-bond donors (Lipinski definition) is 3. The SMILES string of the molecule is CN1c2cc(F)cc3c(O)c(C(=O)NCC(=O)O)c(=O)n(c23)CC1c1ccc(C(F)(F)F)cc1.Cl. The van der Waals surface area contributed by atoms with Crippen molar-refractivity contribution in [2.45, 2.75) is 18.8 Å². The predicted molar refractivity (Wildman–Crippen MR) is 120 cm³/mol. The van der Waals surface area contributed by atoms with Crippen molar-refractivity contribution >= 4 is 40.9 Å². The molecule has 0 aliphatic carbocycles. The van der Waals surface area contributed by atoms with Crippen molar-refractivity contribution in [1.29, 1.82) is 0 Å². The van der Waals surface area contributed by atoms with Crippen molar-refractivity contribution in [2.75, 3.05) is 18.5 Å². The second-order valence-corrected chi connectivity index (χ2v) is 7.78. The van der Waals surface area contributed by atoms with Gasteiger partial charge in [0.15, 0.2) is 0 Å². The van der Waals surface area contributed by atoms with E-state index in [9.17, 15) is 37.1 Å². The van der Waals surface area contributed by atoms with Crippen LogP contribution >= 0.6 is 12.4 Å². The van der Waals surface area contributed by atoms with E-state index in [1.807, 2.05) is 5.32 Å². The Morgan fingerprint density at radius 3 is 2.37 bits per heavy atom. The first kappa shape index (κ1) is 25.8. The van der Waals surface area contributed by atoms with Crippen molar-refractivity contribution in [2.24, 2.45) is 0 Å². The van der Waals surface area contributed by atoms with Gasteiger partial charge in [0, 0.05) is 12.4 Å². The fraction of sp³-hybridized carbons (Fsp3) is 0.227. The minimum absolute atomic E-state index is 0. The maximum Gasteiger partial charge on any atom is 0.416 e. The van der Waals surface area contributed by atoms with Gasteiger partial charge in [-0.3, -0.25) is 14.4 Å². The highest BCUT2D eigenvalue weighted by Gasteiger charge is 2.34. The van der Waals surface area contributed by atoms with Gasteiger partial charge >= 0.3 is 12.1 Å². The quantitative estimate of drug-likeness (QED) is 0.460. The minimum atomic E-state index is -4.54. The number of anilines is 1. The fourth-order valence-corrected chi connectivity index (χ4v) is 4.10. The van der Waals surface area contributed by atoms with Crippen LogP contribution in [0.4, 0.5) is 23.2 Å². The molecule has 1 unspecified atom stereocenters. The van der Waals surface area contributed by atoms with Gasteiger partial charge in [-0.05, 0) is 29.8 Å². The highest BCUT2D eigenvalue weighted by molar-refractivity contribution is 6.05. The van der Waals surface area contributed by atoms with Gasteiger partial charge in [-0.25, -0.2) is 4.39 Å². The lowest BCUT2D eigenvalue weighted by atomic mass is 9.98. The van der Waals surface area contributed by atoms with E-state index in [2.05, 4.69) is 0 Å². The smallest absolute Gasteiger partial charge is 0.416 e. The summed E-state index contributed by atoms with van der Waals surface area (Å²) in [6, 6.07) is 5.61. The maximum absolute atomic E-state index is 14.5. The summed E-state index contributed by atoms with van der Waals surface area (Å²) in [6.07, 6.45) is -4.54. The Hall–Kier alpha value is -3.80. The molecule has 186 valence electrons. The third kappa shape index (κ3) is 4.48. The average molecular weight is 516 g/mol. The topological polar surface area (TPSA) is 112 Å². The molecule has 2 aromatic carbocycles. The Morgan fingerprint density at radius 1 is 1.17 bits per heavy atom. The number of hydrogen-bond acceptors (Lipinski definition) is 5. The zero-order chi connectivity index (χ0) is 24.9. The van der Waals surface area contributed by atoms with E-state index in [1.165, 1.54) is 12.1 Å². The summed E-state index contributed by atoms with van der Waals surface area (Å²) >= 11 is 0. The maximum atomic E-state index is 14.5. The van der Waals surface area contributed by atoms with Crippen LogP contribution in [0.25, 0.3) is 10.9 Å². The molecule has 13 heteroatoms. The van der Waals surface area contributed by atoms with Gasteiger partial charge in [0.1, 0.15) is 23.7 Å². The molecule has 1 aliphatic heterocycles. The number of rotatable bonds is 4. The molecule has 0 saturated heterocycles. The number of likely N-dealkylation sites (N-methyl/N-ethyl adjacent to an activating group) is 1. The van der Waals surface area contributed by atoms with Crippen LogP contribution in [0.3, 0.4) is 0 Å². The van der Waals surface area contributed by atoms with Crippen molar-refractivity contribution < 1.29 is 37.4 Å². The normalized spacial score (nSPS) is 15.0. The molecule has 0 fully saturated rings. The van der Waals surface area contributed by atoms with E-state index < -0.39 is 58.9 Å². The van der Waals surface area contributed by atoms with E-state index >= 15 is 0 Å². The number of amides is 1. The van der Waals surface area contributed by atoms with Gasteiger partial charge in [0.25, 0.3) is 11.5 Å². The number of pyridine rings is 1. The molecule has 1 amide bonds. The largest absolute Gasteiger partial charge is 0.506 e. The molecular weight excluding hydrogens is 498 g/mol. The molecule has 1 aromatic heterocycles. The van der Waals surface area contributed by atoms with Crippen LogP contribution in [0, 0.1) is 5.82 Å². The van der Waals surface area contributed by atoms with E-state index in [-0.39, 0.29) is 35.5 Å². The van der Waals surface area contributed by atoms with Crippen LogP contribution in [-0.2, 0) is 17.5 Å². The van der Waals surface area contributed by atoms with E-state index in [0.717, 1.165) is 28.8 Å². The summed E-state index contributed by atoms with van der Waals surface area (Å²) in [5, 5.41) is 21.2. The van der Waals surface area contributed by atoms with E-state index in [0.29, 0.717) is 5.56 Å². The van der Waals surface area contributed by atoms with Gasteiger partial charge in [0.2, 0.25) is 0 Å². The predicted octanol–water partition coefficient (Wildman–Crippen LogP) is 3.29. The molecule has 0 spiro atoms. The molecule has 4 rings (SSSR count). The molecule has 0 radical (unpaired) electrons. The Morgan fingerprint density at radius 2 is 1.80 bits per heavy atom. The van der Waals surface area contributed by atoms with Crippen LogP contribution in [0.15, 0.2) is 41.2 Å². The zero-order valence-electron chi connectivity index (χ0n) is 17.9. The summed E-state index contributed by atoms with van der Waals surface area (Å²) in [5.74, 6) is -4.14. The standard InChI is InChI=1S/C22H17F4N3O5.ClH/c1-28-14-7-12(23)6-13-18(14)29(21(34)17(19(13)32)20(33)27-8-16(30)31)9-15(28)10-2-4-11(5-3-10)22(24,25)26;/h2-7,15,32H,8-9H2,1H3,(H,27,33)(H,30,31);1H. The van der Waals surface area contributed by atoms with Crippen molar-refractivity contribution in [3.63, 3.8) is 0 Å². The number of carboxylic acids is 1. The highest BCUT2D eigenvalue weighted by atomic mass is 35.5. The molecule has 2 heterocycles. The Bertz CT molecular complexity index is 1390. The first-order valence-corrected chi connectivity index (χ1v) is 9.89. The Balaban J connectivity index is 0.00000342. The van der Waals surface area contributed by atoms with Crippen molar-refractivity contribution in [3.8, 4) is 5.75 Å². The number of benzene rings is 2. The highest BCUT2D eigenvalue weighted by Crippen LogP contribution is 2.41. The minimum Gasteiger partial charge on any atom is -0.506 e. The summed E-state index contributed by atoms with van der Waals surface area (Å²) < 4.78 is 54.5. The second-order valence-electron chi connectivity index (χ2n) is 7.78. The number of aliphatic carboxylic acids is 1. The van der Waals surface area contributed by atoms with Crippen molar-refractivity contribution in [3.05, 3.63) is 69.3 Å². The lowest BCUT2D eigenvalue weighted by Gasteiger charge is -2.37. The third-order valence-corrected chi connectivity index (χ3v) is 5.73. The molecule has 0 saturated carbocycles. The van der Waals surface area contributed by atoms with Gasteiger partial charge in [-0.15, -0.1) is 12.4 Å². The number of halogens is 5. The molecule has 0 bridgehead atoms. The number of nitrogens with zero attached hydrogens (tertiary/aromatic N) is 2. The van der Waals surface area contributed by atoms with Crippen molar-refractivity contribution in [1.82, 2.24) is 9.88 Å². The van der Waals surface area contributed by atoms with Gasteiger partial charge in [0.05, 0.1) is 29.4 Å². The van der Waals surface area contributed by atoms with E-state index in [4.69, 9.17) is 5.11 Å². The van der Waals surface area contributed by atoms with Crippen LogP contribution in [0.2, 0.25) is 0 Å². The number of alkyl halides is 3. The molecular formula is C22H18ClF4N3O5. The number of aromatic hydroxyl groups is 1. The molecule has 8 nitrogen and oxygen atoms in total. The van der Waals surface area contributed by atoms with Crippen LogP contribution in [-0.4, -0.2) is 40.2 Å². The second kappa shape index (κ2) is 9.10. The first-order valence-electron chi connectivity index (χ1n) is 9.89. The summed E-state index contributed by atoms with van der Waals surface area (Å²) in [4.78, 5) is 38.0. The molecule has 1 aliphatic rings. The zero-order valence-corrected chi connectivity index (χ0v) is 18.7. The number of carbonyl (C=O) groups is 2. The first-order chi connectivity index (χ1) is 15.9. The van der Waals surface area contributed by atoms with Crippen LogP contribution in [0.1, 0.15) is 27.5 Å². The number of nitrogens with one attached hydrogen (secondary N) is 1. The average Bonchev–Trinajstić information content (AvgIpc) is 2.76. The van der Waals surface area contributed by atoms with Crippen LogP contribution in [0.5, 0.6) is 5.75 Å². The number of aromatic nitrogens is 1. The summed E-state index contributed by atoms with van der Waals surface area (Å²) in [7, 11) is 1.56. The molecule has 3 N–H and O–H groups in total. The van der Waals surface area contributed by atoms with Gasteiger partial charge in [-0.1, -0.05) is 12.1 Å². The third-order valence-electron chi connectivity index (χ3n) is 5.73.